The van der Waals surface area contributed by atoms with Gasteiger partial charge in [0.15, 0.2) is 0 Å². The van der Waals surface area contributed by atoms with Crippen molar-refractivity contribution in [2.75, 3.05) is 0 Å². The maximum Gasteiger partial charge on any atom is 0.110 e. The predicted octanol–water partition coefficient (Wildman–Crippen LogP) is 3.37. The zero-order chi connectivity index (χ0) is 14.5. The molecule has 3 aromatic rings. The Bertz CT molecular complexity index is 622. The van der Waals surface area contributed by atoms with Crippen LogP contribution in [0.5, 0.6) is 0 Å². The van der Waals surface area contributed by atoms with Crippen LogP contribution in [-0.2, 0) is 0 Å². The molecule has 0 heterocycles. The molecule has 0 aliphatic carbocycles. The fourth-order valence-electron chi connectivity index (χ4n) is 3.04. The maximum absolute atomic E-state index is 2.38. The van der Waals surface area contributed by atoms with E-state index in [4.69, 9.17) is 0 Å². The van der Waals surface area contributed by atoms with Gasteiger partial charge in [-0.15, -0.1) is 0 Å². The van der Waals surface area contributed by atoms with E-state index >= 15 is 0 Å². The molecule has 0 unspecified atom stereocenters. The summed E-state index contributed by atoms with van der Waals surface area (Å²) in [6, 6.07) is 32.9. The van der Waals surface area contributed by atoms with Gasteiger partial charge < -0.3 is 0 Å². The van der Waals surface area contributed by atoms with Gasteiger partial charge in [-0.3, -0.25) is 0 Å². The highest BCUT2D eigenvalue weighted by molar-refractivity contribution is 6.86. The smallest absolute Gasteiger partial charge is 0.0629 e. The van der Waals surface area contributed by atoms with Gasteiger partial charge in [0.25, 0.3) is 0 Å². The van der Waals surface area contributed by atoms with E-state index in [9.17, 15) is 0 Å². The highest BCUT2D eigenvalue weighted by Gasteiger charge is 2.24. The SMILES string of the molecule is C[C@@H](c1ccccc1)[SiH](c1ccccc1)c1ccccc1. The number of hydrogen-bond acceptors (Lipinski definition) is 0. The molecule has 0 spiro atoms. The van der Waals surface area contributed by atoms with Crippen LogP contribution in [0, 0.1) is 0 Å². The molecular formula is C20H20Si. The normalized spacial score (nSPS) is 12.3. The Morgan fingerprint density at radius 3 is 1.38 bits per heavy atom. The summed E-state index contributed by atoms with van der Waals surface area (Å²) < 4.78 is 0. The highest BCUT2D eigenvalue weighted by Crippen LogP contribution is 2.18. The summed E-state index contributed by atoms with van der Waals surface area (Å²) >= 11 is 0. The van der Waals surface area contributed by atoms with Gasteiger partial charge in [-0.2, -0.15) is 0 Å². The molecular weight excluding hydrogens is 268 g/mol. The Hall–Kier alpha value is -2.12. The molecule has 1 heteroatoms. The van der Waals surface area contributed by atoms with Gasteiger partial charge >= 0.3 is 0 Å². The Morgan fingerprint density at radius 1 is 0.571 bits per heavy atom. The fraction of sp³-hybridized carbons (Fsp3) is 0.100. The van der Waals surface area contributed by atoms with E-state index in [0.717, 1.165) is 0 Å². The molecule has 0 saturated heterocycles. The molecule has 0 N–H and O–H groups in total. The minimum Gasteiger partial charge on any atom is -0.0629 e. The van der Waals surface area contributed by atoms with Crippen molar-refractivity contribution in [3.63, 3.8) is 0 Å². The first-order valence-corrected chi connectivity index (χ1v) is 9.33. The van der Waals surface area contributed by atoms with Crippen molar-refractivity contribution in [3.8, 4) is 0 Å². The lowest BCUT2D eigenvalue weighted by atomic mass is 10.2. The van der Waals surface area contributed by atoms with Crippen LogP contribution < -0.4 is 10.4 Å². The lowest BCUT2D eigenvalue weighted by Gasteiger charge is -2.24. The summed E-state index contributed by atoms with van der Waals surface area (Å²) in [6.45, 7) is 2.38. The van der Waals surface area contributed by atoms with E-state index in [0.29, 0.717) is 5.54 Å². The first-order chi connectivity index (χ1) is 10.4. The minimum absolute atomic E-state index is 0.580. The first-order valence-electron chi connectivity index (χ1n) is 7.51. The zero-order valence-corrected chi connectivity index (χ0v) is 13.5. The van der Waals surface area contributed by atoms with E-state index < -0.39 is 8.80 Å². The summed E-state index contributed by atoms with van der Waals surface area (Å²) in [6.07, 6.45) is 0. The highest BCUT2D eigenvalue weighted by atomic mass is 28.3. The molecule has 0 saturated carbocycles. The Morgan fingerprint density at radius 2 is 0.952 bits per heavy atom. The maximum atomic E-state index is 2.38. The van der Waals surface area contributed by atoms with Crippen LogP contribution in [0.2, 0.25) is 0 Å². The second-order valence-electron chi connectivity index (χ2n) is 5.50. The molecule has 0 amide bonds. The van der Waals surface area contributed by atoms with E-state index in [2.05, 4.69) is 97.9 Å². The fourth-order valence-corrected chi connectivity index (χ4v) is 6.46. The number of benzene rings is 3. The van der Waals surface area contributed by atoms with Crippen LogP contribution in [-0.4, -0.2) is 8.80 Å². The molecule has 0 radical (unpaired) electrons. The van der Waals surface area contributed by atoms with E-state index in [1.165, 1.54) is 15.9 Å². The van der Waals surface area contributed by atoms with Crippen molar-refractivity contribution in [1.29, 1.82) is 0 Å². The Labute approximate surface area is 128 Å². The second kappa shape index (κ2) is 6.55. The third-order valence-corrected chi connectivity index (χ3v) is 7.73. The molecule has 0 nitrogen and oxygen atoms in total. The van der Waals surface area contributed by atoms with Crippen molar-refractivity contribution in [3.05, 3.63) is 96.6 Å². The van der Waals surface area contributed by atoms with Gasteiger partial charge in [0.05, 0.1) is 0 Å². The van der Waals surface area contributed by atoms with Gasteiger partial charge in [-0.05, 0) is 11.1 Å². The number of rotatable bonds is 4. The third-order valence-electron chi connectivity index (χ3n) is 4.14. The van der Waals surface area contributed by atoms with Gasteiger partial charge in [0.2, 0.25) is 0 Å². The van der Waals surface area contributed by atoms with Crippen LogP contribution in [0.3, 0.4) is 0 Å². The molecule has 0 aliphatic rings. The second-order valence-corrected chi connectivity index (χ2v) is 8.79. The Balaban J connectivity index is 2.05. The molecule has 3 rings (SSSR count). The van der Waals surface area contributed by atoms with Crippen molar-refractivity contribution in [2.45, 2.75) is 12.5 Å². The van der Waals surface area contributed by atoms with Gasteiger partial charge in [-0.25, -0.2) is 0 Å². The quantitative estimate of drug-likeness (QED) is 0.646. The average Bonchev–Trinajstić information content (AvgIpc) is 2.58. The summed E-state index contributed by atoms with van der Waals surface area (Å²) in [5.41, 5.74) is 2.03. The molecule has 0 bridgehead atoms. The van der Waals surface area contributed by atoms with Crippen LogP contribution in [0.4, 0.5) is 0 Å². The van der Waals surface area contributed by atoms with Crippen molar-refractivity contribution in [1.82, 2.24) is 0 Å². The molecule has 0 aliphatic heterocycles. The zero-order valence-electron chi connectivity index (χ0n) is 12.3. The Kier molecular flexibility index (Phi) is 4.32. The first kappa shape index (κ1) is 13.8. The lowest BCUT2D eigenvalue weighted by Crippen LogP contribution is -2.46. The van der Waals surface area contributed by atoms with E-state index in [1.54, 1.807) is 0 Å². The van der Waals surface area contributed by atoms with E-state index in [1.807, 2.05) is 0 Å². The van der Waals surface area contributed by atoms with Gasteiger partial charge in [0, 0.05) is 0 Å². The molecule has 0 aromatic heterocycles. The van der Waals surface area contributed by atoms with Crippen LogP contribution in [0.25, 0.3) is 0 Å². The summed E-state index contributed by atoms with van der Waals surface area (Å²) in [7, 11) is -1.27. The standard InChI is InChI=1S/C20H20Si/c1-17(18-11-5-2-6-12-18)21(19-13-7-3-8-14-19)20-15-9-4-10-16-20/h2-17,21H,1H3/t17-/m0/s1. The van der Waals surface area contributed by atoms with Gasteiger partial charge in [-0.1, -0.05) is 108 Å². The minimum atomic E-state index is -1.27. The van der Waals surface area contributed by atoms with Crippen molar-refractivity contribution in [2.24, 2.45) is 0 Å². The van der Waals surface area contributed by atoms with Crippen molar-refractivity contribution < 1.29 is 0 Å². The average molecular weight is 288 g/mol. The largest absolute Gasteiger partial charge is 0.110 e. The third kappa shape index (κ3) is 3.14. The molecule has 21 heavy (non-hydrogen) atoms. The summed E-state index contributed by atoms with van der Waals surface area (Å²) in [5, 5.41) is 3.03. The van der Waals surface area contributed by atoms with Crippen molar-refractivity contribution >= 4 is 19.2 Å². The summed E-state index contributed by atoms with van der Waals surface area (Å²) in [5.74, 6) is 0. The monoisotopic (exact) mass is 288 g/mol. The lowest BCUT2D eigenvalue weighted by molar-refractivity contribution is 1.06. The molecule has 104 valence electrons. The molecule has 0 fully saturated rings. The van der Waals surface area contributed by atoms with E-state index in [-0.39, 0.29) is 0 Å². The summed E-state index contributed by atoms with van der Waals surface area (Å²) in [4.78, 5) is 0. The van der Waals surface area contributed by atoms with Gasteiger partial charge in [0.1, 0.15) is 8.80 Å². The molecule has 3 aromatic carbocycles. The number of hydrogen-bond donors (Lipinski definition) is 0. The van der Waals surface area contributed by atoms with Crippen LogP contribution >= 0.6 is 0 Å². The van der Waals surface area contributed by atoms with Crippen LogP contribution in [0.1, 0.15) is 18.0 Å². The topological polar surface area (TPSA) is 0 Å². The predicted molar refractivity (Wildman–Crippen MR) is 94.2 cm³/mol. The van der Waals surface area contributed by atoms with Crippen LogP contribution in [0.15, 0.2) is 91.0 Å². The molecule has 1 atom stereocenters.